The summed E-state index contributed by atoms with van der Waals surface area (Å²) in [5, 5.41) is 2.75. The van der Waals surface area contributed by atoms with Crippen LogP contribution in [0.2, 0.25) is 5.02 Å². The first-order valence-electron chi connectivity index (χ1n) is 11.4. The van der Waals surface area contributed by atoms with Gasteiger partial charge in [0.15, 0.2) is 0 Å². The van der Waals surface area contributed by atoms with Crippen molar-refractivity contribution < 1.29 is 14.3 Å². The zero-order chi connectivity index (χ0) is 24.1. The molecule has 2 amide bonds. The fourth-order valence-electron chi connectivity index (χ4n) is 4.48. The summed E-state index contributed by atoms with van der Waals surface area (Å²) < 4.78 is 5.19. The van der Waals surface area contributed by atoms with Crippen molar-refractivity contribution in [1.82, 2.24) is 9.80 Å². The van der Waals surface area contributed by atoms with Gasteiger partial charge in [-0.2, -0.15) is 0 Å². The maximum atomic E-state index is 13.7. The molecule has 1 atom stereocenters. The highest BCUT2D eigenvalue weighted by Crippen LogP contribution is 2.38. The molecule has 0 aliphatic carbocycles. The van der Waals surface area contributed by atoms with Crippen LogP contribution in [0.25, 0.3) is 0 Å². The lowest BCUT2D eigenvalue weighted by atomic mass is 9.93. The van der Waals surface area contributed by atoms with E-state index in [4.69, 9.17) is 16.3 Å². The zero-order valence-electron chi connectivity index (χ0n) is 19.5. The number of aryl methyl sites for hydroxylation is 1. The molecular weight excluding hydrogens is 468 g/mol. The standard InChI is InChI=1S/C27H29ClN2O3S/c1-19-6-3-4-7-22(19)27(32)29(14-5-16-33-2)18-25(31)30-15-12-24-23(13-17-34-24)26(30)20-8-10-21(28)11-9-20/h3-4,6-11,13,17,26H,5,12,14-16,18H2,1-2H3. The lowest BCUT2D eigenvalue weighted by Gasteiger charge is -2.37. The van der Waals surface area contributed by atoms with Gasteiger partial charge in [0, 0.05) is 42.3 Å². The number of carbonyl (C=O) groups excluding carboxylic acids is 2. The third kappa shape index (κ3) is 5.35. The molecule has 1 aromatic heterocycles. The third-order valence-electron chi connectivity index (χ3n) is 6.24. The molecule has 0 spiro atoms. The van der Waals surface area contributed by atoms with Crippen molar-refractivity contribution in [2.75, 3.05) is 33.4 Å². The minimum absolute atomic E-state index is 0.0282. The summed E-state index contributed by atoms with van der Waals surface area (Å²) in [5.41, 5.74) is 3.70. The number of rotatable bonds is 8. The molecule has 7 heteroatoms. The van der Waals surface area contributed by atoms with Gasteiger partial charge in [0.25, 0.3) is 5.91 Å². The number of ether oxygens (including phenoxy) is 1. The molecule has 2 heterocycles. The smallest absolute Gasteiger partial charge is 0.254 e. The van der Waals surface area contributed by atoms with Gasteiger partial charge in [-0.1, -0.05) is 41.9 Å². The number of amides is 2. The fourth-order valence-corrected chi connectivity index (χ4v) is 5.51. The van der Waals surface area contributed by atoms with E-state index in [0.29, 0.717) is 36.7 Å². The van der Waals surface area contributed by atoms with Gasteiger partial charge in [-0.15, -0.1) is 11.3 Å². The lowest BCUT2D eigenvalue weighted by molar-refractivity contribution is -0.134. The molecule has 0 saturated carbocycles. The van der Waals surface area contributed by atoms with Crippen LogP contribution in [0, 0.1) is 6.92 Å². The van der Waals surface area contributed by atoms with Crippen LogP contribution in [-0.2, 0) is 16.0 Å². The van der Waals surface area contributed by atoms with E-state index in [-0.39, 0.29) is 24.4 Å². The van der Waals surface area contributed by atoms with Crippen molar-refractivity contribution in [3.8, 4) is 0 Å². The Hall–Kier alpha value is -2.67. The Morgan fingerprint density at radius 3 is 2.65 bits per heavy atom. The van der Waals surface area contributed by atoms with Crippen LogP contribution in [0.5, 0.6) is 0 Å². The van der Waals surface area contributed by atoms with Crippen LogP contribution in [0.3, 0.4) is 0 Å². The summed E-state index contributed by atoms with van der Waals surface area (Å²) in [4.78, 5) is 32.0. The van der Waals surface area contributed by atoms with E-state index >= 15 is 0 Å². The van der Waals surface area contributed by atoms with Crippen molar-refractivity contribution in [3.63, 3.8) is 0 Å². The van der Waals surface area contributed by atoms with E-state index in [1.165, 1.54) is 4.88 Å². The Balaban J connectivity index is 1.61. The Morgan fingerprint density at radius 2 is 1.91 bits per heavy atom. The van der Waals surface area contributed by atoms with Crippen molar-refractivity contribution in [1.29, 1.82) is 0 Å². The summed E-state index contributed by atoms with van der Waals surface area (Å²) >= 11 is 7.86. The molecule has 2 aromatic carbocycles. The molecule has 1 aliphatic rings. The van der Waals surface area contributed by atoms with E-state index in [2.05, 4.69) is 11.4 Å². The largest absolute Gasteiger partial charge is 0.385 e. The molecule has 0 bridgehead atoms. The Labute approximate surface area is 209 Å². The second-order valence-corrected chi connectivity index (χ2v) is 9.92. The molecule has 1 unspecified atom stereocenters. The number of fused-ring (bicyclic) bond motifs is 1. The normalized spacial score (nSPS) is 15.1. The van der Waals surface area contributed by atoms with E-state index < -0.39 is 0 Å². The Morgan fingerprint density at radius 1 is 1.15 bits per heavy atom. The molecule has 0 N–H and O–H groups in total. The molecule has 0 radical (unpaired) electrons. The number of methoxy groups -OCH3 is 1. The van der Waals surface area contributed by atoms with Crippen LogP contribution in [0.15, 0.2) is 60.0 Å². The molecule has 4 rings (SSSR count). The SMILES string of the molecule is COCCCN(CC(=O)N1CCc2sccc2C1c1ccc(Cl)cc1)C(=O)c1ccccc1C. The molecule has 3 aromatic rings. The molecule has 1 aliphatic heterocycles. The van der Waals surface area contributed by atoms with Crippen LogP contribution in [0.1, 0.15) is 44.4 Å². The summed E-state index contributed by atoms with van der Waals surface area (Å²) in [6.07, 6.45) is 1.48. The molecule has 0 fully saturated rings. The second-order valence-electron chi connectivity index (χ2n) is 8.48. The van der Waals surface area contributed by atoms with E-state index in [0.717, 1.165) is 23.1 Å². The number of hydrogen-bond donors (Lipinski definition) is 0. The number of nitrogens with zero attached hydrogens (tertiary/aromatic N) is 2. The van der Waals surface area contributed by atoms with Crippen molar-refractivity contribution in [3.05, 3.63) is 92.1 Å². The number of halogens is 1. The first-order valence-corrected chi connectivity index (χ1v) is 12.7. The van der Waals surface area contributed by atoms with Gasteiger partial charge in [-0.05, 0) is 66.1 Å². The minimum atomic E-state index is -0.186. The van der Waals surface area contributed by atoms with E-state index in [9.17, 15) is 9.59 Å². The van der Waals surface area contributed by atoms with Crippen LogP contribution < -0.4 is 0 Å². The first-order chi connectivity index (χ1) is 16.5. The summed E-state index contributed by atoms with van der Waals surface area (Å²) in [6, 6.07) is 17.1. The molecular formula is C27H29ClN2O3S. The lowest BCUT2D eigenvalue weighted by Crippen LogP contribution is -2.47. The molecule has 0 saturated heterocycles. The van der Waals surface area contributed by atoms with E-state index in [1.54, 1.807) is 23.3 Å². The Kier molecular flexibility index (Phi) is 8.03. The number of hydrogen-bond acceptors (Lipinski definition) is 4. The summed E-state index contributed by atoms with van der Waals surface area (Å²) in [6.45, 7) is 3.54. The molecule has 5 nitrogen and oxygen atoms in total. The van der Waals surface area contributed by atoms with Crippen LogP contribution >= 0.6 is 22.9 Å². The number of thiophene rings is 1. The summed E-state index contributed by atoms with van der Waals surface area (Å²) in [7, 11) is 1.64. The highest BCUT2D eigenvalue weighted by molar-refractivity contribution is 7.10. The van der Waals surface area contributed by atoms with Gasteiger partial charge >= 0.3 is 0 Å². The van der Waals surface area contributed by atoms with Gasteiger partial charge < -0.3 is 14.5 Å². The fraction of sp³-hybridized carbons (Fsp3) is 0.333. The first kappa shape index (κ1) is 24.5. The number of benzene rings is 2. The Bertz CT molecular complexity index is 1140. The second kappa shape index (κ2) is 11.2. The average molecular weight is 497 g/mol. The van der Waals surface area contributed by atoms with Crippen molar-refractivity contribution in [2.45, 2.75) is 25.8 Å². The zero-order valence-corrected chi connectivity index (χ0v) is 21.1. The van der Waals surface area contributed by atoms with E-state index in [1.807, 2.05) is 60.4 Å². The molecule has 34 heavy (non-hydrogen) atoms. The predicted molar refractivity (Wildman–Crippen MR) is 137 cm³/mol. The highest BCUT2D eigenvalue weighted by Gasteiger charge is 2.34. The van der Waals surface area contributed by atoms with Crippen molar-refractivity contribution >= 4 is 34.8 Å². The minimum Gasteiger partial charge on any atom is -0.385 e. The van der Waals surface area contributed by atoms with Gasteiger partial charge in [-0.3, -0.25) is 9.59 Å². The summed E-state index contributed by atoms with van der Waals surface area (Å²) in [5.74, 6) is -0.185. The van der Waals surface area contributed by atoms with Gasteiger partial charge in [0.05, 0.1) is 6.04 Å². The quantitative estimate of drug-likeness (QED) is 0.394. The molecule has 178 valence electrons. The maximum Gasteiger partial charge on any atom is 0.254 e. The van der Waals surface area contributed by atoms with Gasteiger partial charge in [-0.25, -0.2) is 0 Å². The monoisotopic (exact) mass is 496 g/mol. The maximum absolute atomic E-state index is 13.7. The van der Waals surface area contributed by atoms with Crippen LogP contribution in [-0.4, -0.2) is 55.0 Å². The van der Waals surface area contributed by atoms with Crippen LogP contribution in [0.4, 0.5) is 0 Å². The topological polar surface area (TPSA) is 49.9 Å². The predicted octanol–water partition coefficient (Wildman–Crippen LogP) is 5.36. The van der Waals surface area contributed by atoms with Gasteiger partial charge in [0.2, 0.25) is 5.91 Å². The highest BCUT2D eigenvalue weighted by atomic mass is 35.5. The average Bonchev–Trinajstić information content (AvgIpc) is 3.32. The van der Waals surface area contributed by atoms with Gasteiger partial charge in [0.1, 0.15) is 6.54 Å². The van der Waals surface area contributed by atoms with Crippen molar-refractivity contribution in [2.24, 2.45) is 0 Å². The third-order valence-corrected chi connectivity index (χ3v) is 7.49. The number of carbonyl (C=O) groups is 2.